The molecule has 0 aliphatic heterocycles. The lowest BCUT2D eigenvalue weighted by atomic mass is 9.82. The molecular formula is C23H28ClN3O2. The molecule has 0 unspecified atom stereocenters. The SMILES string of the molecule is CCCCOc1cccc(-c2nc(C3CCC(CO)CC3)n3ccnc(Cl)c23)c1. The Bertz CT molecular complexity index is 964. The van der Waals surface area contributed by atoms with E-state index in [2.05, 4.69) is 16.3 Å². The summed E-state index contributed by atoms with van der Waals surface area (Å²) in [5.74, 6) is 2.66. The molecule has 1 aliphatic carbocycles. The van der Waals surface area contributed by atoms with Gasteiger partial charge < -0.3 is 9.84 Å². The molecule has 2 heterocycles. The van der Waals surface area contributed by atoms with Gasteiger partial charge in [-0.25, -0.2) is 9.97 Å². The number of imidazole rings is 1. The molecule has 29 heavy (non-hydrogen) atoms. The van der Waals surface area contributed by atoms with Gasteiger partial charge in [-0.1, -0.05) is 37.1 Å². The van der Waals surface area contributed by atoms with Crippen LogP contribution >= 0.6 is 11.6 Å². The smallest absolute Gasteiger partial charge is 0.155 e. The second-order valence-corrected chi connectivity index (χ2v) is 8.24. The summed E-state index contributed by atoms with van der Waals surface area (Å²) in [6, 6.07) is 8.06. The Kier molecular flexibility index (Phi) is 6.36. The zero-order valence-corrected chi connectivity index (χ0v) is 17.6. The first kappa shape index (κ1) is 20.2. The molecule has 1 aromatic carbocycles. The van der Waals surface area contributed by atoms with E-state index in [0.717, 1.165) is 66.9 Å². The Hall–Kier alpha value is -2.11. The Morgan fingerprint density at radius 2 is 2.07 bits per heavy atom. The molecule has 154 valence electrons. The average Bonchev–Trinajstić information content (AvgIpc) is 3.15. The predicted octanol–water partition coefficient (Wildman–Crippen LogP) is 5.49. The number of unbranched alkanes of at least 4 members (excludes halogenated alkanes) is 1. The van der Waals surface area contributed by atoms with Crippen LogP contribution in [0.5, 0.6) is 5.75 Å². The van der Waals surface area contributed by atoms with Crippen LogP contribution in [0.1, 0.15) is 57.2 Å². The maximum absolute atomic E-state index is 9.45. The molecule has 0 spiro atoms. The predicted molar refractivity (Wildman–Crippen MR) is 116 cm³/mol. The molecule has 3 aromatic rings. The van der Waals surface area contributed by atoms with Gasteiger partial charge in [-0.15, -0.1) is 0 Å². The summed E-state index contributed by atoms with van der Waals surface area (Å²) in [7, 11) is 0. The molecule has 0 atom stereocenters. The fraction of sp³-hybridized carbons (Fsp3) is 0.478. The van der Waals surface area contributed by atoms with Gasteiger partial charge in [0.2, 0.25) is 0 Å². The van der Waals surface area contributed by atoms with Crippen LogP contribution in [0.15, 0.2) is 36.7 Å². The van der Waals surface area contributed by atoms with Crippen LogP contribution < -0.4 is 4.74 Å². The Balaban J connectivity index is 1.71. The number of benzene rings is 1. The van der Waals surface area contributed by atoms with Gasteiger partial charge in [0.1, 0.15) is 17.1 Å². The molecule has 5 nitrogen and oxygen atoms in total. The number of fused-ring (bicyclic) bond motifs is 1. The normalized spacial score (nSPS) is 19.6. The fourth-order valence-electron chi connectivity index (χ4n) is 4.18. The number of halogens is 1. The molecule has 0 radical (unpaired) electrons. The molecule has 0 bridgehead atoms. The number of rotatable bonds is 7. The summed E-state index contributed by atoms with van der Waals surface area (Å²) in [6.07, 6.45) is 9.95. The number of ether oxygens (including phenoxy) is 1. The van der Waals surface area contributed by atoms with Crippen molar-refractivity contribution in [2.24, 2.45) is 5.92 Å². The lowest BCUT2D eigenvalue weighted by molar-refractivity contribution is 0.181. The number of aliphatic hydroxyl groups is 1. The fourth-order valence-corrected chi connectivity index (χ4v) is 4.42. The molecule has 2 aromatic heterocycles. The van der Waals surface area contributed by atoms with Crippen molar-refractivity contribution in [3.63, 3.8) is 0 Å². The number of hydrogen-bond acceptors (Lipinski definition) is 4. The average molecular weight is 414 g/mol. The van der Waals surface area contributed by atoms with Crippen LogP contribution in [-0.2, 0) is 0 Å². The first-order valence-electron chi connectivity index (χ1n) is 10.6. The van der Waals surface area contributed by atoms with Crippen molar-refractivity contribution in [3.8, 4) is 17.0 Å². The van der Waals surface area contributed by atoms with Crippen LogP contribution in [0, 0.1) is 5.92 Å². The van der Waals surface area contributed by atoms with Crippen molar-refractivity contribution in [2.75, 3.05) is 13.2 Å². The minimum atomic E-state index is 0.279. The van der Waals surface area contributed by atoms with Crippen LogP contribution in [0.2, 0.25) is 5.15 Å². The minimum absolute atomic E-state index is 0.279. The van der Waals surface area contributed by atoms with E-state index in [1.807, 2.05) is 30.5 Å². The molecule has 1 fully saturated rings. The van der Waals surface area contributed by atoms with Crippen LogP contribution in [0.3, 0.4) is 0 Å². The van der Waals surface area contributed by atoms with E-state index < -0.39 is 0 Å². The third kappa shape index (κ3) is 4.26. The molecule has 0 saturated heterocycles. The van der Waals surface area contributed by atoms with Crippen LogP contribution in [0.25, 0.3) is 16.8 Å². The highest BCUT2D eigenvalue weighted by atomic mass is 35.5. The quantitative estimate of drug-likeness (QED) is 0.520. The van der Waals surface area contributed by atoms with E-state index >= 15 is 0 Å². The van der Waals surface area contributed by atoms with Crippen molar-refractivity contribution in [3.05, 3.63) is 47.6 Å². The Morgan fingerprint density at radius 1 is 1.24 bits per heavy atom. The summed E-state index contributed by atoms with van der Waals surface area (Å²) in [5.41, 5.74) is 2.68. The van der Waals surface area contributed by atoms with E-state index in [0.29, 0.717) is 23.6 Å². The summed E-state index contributed by atoms with van der Waals surface area (Å²) in [5, 5.41) is 9.91. The Morgan fingerprint density at radius 3 is 2.83 bits per heavy atom. The first-order valence-corrected chi connectivity index (χ1v) is 11.0. The molecule has 1 N–H and O–H groups in total. The highest BCUT2D eigenvalue weighted by Gasteiger charge is 2.27. The van der Waals surface area contributed by atoms with Gasteiger partial charge in [-0.05, 0) is 50.2 Å². The van der Waals surface area contributed by atoms with Crippen molar-refractivity contribution in [2.45, 2.75) is 51.4 Å². The largest absolute Gasteiger partial charge is 0.494 e. The Labute approximate surface area is 176 Å². The monoisotopic (exact) mass is 413 g/mol. The molecular weight excluding hydrogens is 386 g/mol. The van der Waals surface area contributed by atoms with E-state index in [9.17, 15) is 5.11 Å². The van der Waals surface area contributed by atoms with E-state index in [4.69, 9.17) is 21.3 Å². The summed E-state index contributed by atoms with van der Waals surface area (Å²) < 4.78 is 7.99. The standard InChI is InChI=1S/C23H28ClN3O2/c1-2-3-13-29-19-6-4-5-18(14-19)20-21-22(24)25-11-12-27(21)23(26-20)17-9-7-16(15-28)8-10-17/h4-6,11-12,14,16-17,28H,2-3,7-10,13,15H2,1H3. The van der Waals surface area contributed by atoms with E-state index in [1.54, 1.807) is 6.20 Å². The zero-order chi connectivity index (χ0) is 20.2. The van der Waals surface area contributed by atoms with Gasteiger partial charge in [0.25, 0.3) is 0 Å². The summed E-state index contributed by atoms with van der Waals surface area (Å²) in [6.45, 7) is 3.15. The van der Waals surface area contributed by atoms with Crippen molar-refractivity contribution >= 4 is 17.1 Å². The van der Waals surface area contributed by atoms with Gasteiger partial charge >= 0.3 is 0 Å². The highest BCUT2D eigenvalue weighted by molar-refractivity contribution is 6.33. The molecule has 1 saturated carbocycles. The minimum Gasteiger partial charge on any atom is -0.494 e. The summed E-state index contributed by atoms with van der Waals surface area (Å²) >= 11 is 6.52. The molecule has 1 aliphatic rings. The van der Waals surface area contributed by atoms with Crippen molar-refractivity contribution < 1.29 is 9.84 Å². The zero-order valence-electron chi connectivity index (χ0n) is 16.9. The maximum Gasteiger partial charge on any atom is 0.155 e. The van der Waals surface area contributed by atoms with Crippen molar-refractivity contribution in [1.29, 1.82) is 0 Å². The molecule has 6 heteroatoms. The molecule has 0 amide bonds. The first-order chi connectivity index (χ1) is 14.2. The third-order valence-electron chi connectivity index (χ3n) is 5.88. The molecule has 4 rings (SSSR count). The number of aliphatic hydroxyl groups excluding tert-OH is 1. The maximum atomic E-state index is 9.45. The summed E-state index contributed by atoms with van der Waals surface area (Å²) in [4.78, 5) is 9.35. The van der Waals surface area contributed by atoms with Gasteiger partial charge in [-0.3, -0.25) is 4.40 Å². The number of hydrogen-bond donors (Lipinski definition) is 1. The van der Waals surface area contributed by atoms with Gasteiger partial charge in [0, 0.05) is 30.5 Å². The van der Waals surface area contributed by atoms with Crippen molar-refractivity contribution in [1.82, 2.24) is 14.4 Å². The second-order valence-electron chi connectivity index (χ2n) is 7.89. The topological polar surface area (TPSA) is 59.7 Å². The van der Waals surface area contributed by atoms with Crippen LogP contribution in [0.4, 0.5) is 0 Å². The van der Waals surface area contributed by atoms with Gasteiger partial charge in [0.15, 0.2) is 5.15 Å². The lowest BCUT2D eigenvalue weighted by Gasteiger charge is -2.26. The lowest BCUT2D eigenvalue weighted by Crippen LogP contribution is -2.17. The number of aromatic nitrogens is 3. The van der Waals surface area contributed by atoms with Gasteiger partial charge in [-0.2, -0.15) is 0 Å². The van der Waals surface area contributed by atoms with Gasteiger partial charge in [0.05, 0.1) is 12.3 Å². The van der Waals surface area contributed by atoms with E-state index in [1.165, 1.54) is 0 Å². The highest BCUT2D eigenvalue weighted by Crippen LogP contribution is 2.39. The third-order valence-corrected chi connectivity index (χ3v) is 6.16. The van der Waals surface area contributed by atoms with E-state index in [-0.39, 0.29) is 6.61 Å². The number of nitrogens with zero attached hydrogens (tertiary/aromatic N) is 3. The van der Waals surface area contributed by atoms with Crippen LogP contribution in [-0.4, -0.2) is 32.7 Å². The second kappa shape index (κ2) is 9.14.